The summed E-state index contributed by atoms with van der Waals surface area (Å²) in [5.41, 5.74) is 4.58. The summed E-state index contributed by atoms with van der Waals surface area (Å²) < 4.78 is 5.62. The van der Waals surface area contributed by atoms with Crippen molar-refractivity contribution in [3.05, 3.63) is 101 Å². The lowest BCUT2D eigenvalue weighted by molar-refractivity contribution is 0.0920. The van der Waals surface area contributed by atoms with Crippen LogP contribution in [0.5, 0.6) is 5.75 Å². The molecule has 3 nitrogen and oxygen atoms in total. The molecule has 0 aliphatic heterocycles. The topological polar surface area (TPSA) is 43.4 Å². The smallest absolute Gasteiger partial charge is 0.200 e. The highest BCUT2D eigenvalue weighted by molar-refractivity contribution is 6.09. The number of fused-ring (bicyclic) bond motifs is 1. The molecular formula is C24H20O3. The Kier molecular flexibility index (Phi) is 4.84. The van der Waals surface area contributed by atoms with E-state index in [1.807, 2.05) is 30.3 Å². The molecule has 1 aliphatic rings. The van der Waals surface area contributed by atoms with Gasteiger partial charge in [-0.2, -0.15) is 0 Å². The Morgan fingerprint density at radius 3 is 2.19 bits per heavy atom. The summed E-state index contributed by atoms with van der Waals surface area (Å²) >= 11 is 0. The van der Waals surface area contributed by atoms with E-state index in [4.69, 9.17) is 4.74 Å². The van der Waals surface area contributed by atoms with Crippen molar-refractivity contribution in [1.82, 2.24) is 0 Å². The van der Waals surface area contributed by atoms with Gasteiger partial charge in [0, 0.05) is 16.7 Å². The number of ketones is 2. The molecule has 134 valence electrons. The van der Waals surface area contributed by atoms with Crippen molar-refractivity contribution in [3.8, 4) is 5.75 Å². The molecule has 0 atom stereocenters. The van der Waals surface area contributed by atoms with Crippen molar-refractivity contribution < 1.29 is 14.3 Å². The number of rotatable bonds is 6. The van der Waals surface area contributed by atoms with Crippen molar-refractivity contribution in [2.24, 2.45) is 0 Å². The average molecular weight is 356 g/mol. The first-order valence-electron chi connectivity index (χ1n) is 9.18. The van der Waals surface area contributed by atoms with Crippen molar-refractivity contribution in [3.63, 3.8) is 0 Å². The second kappa shape index (κ2) is 7.58. The normalized spacial score (nSPS) is 12.4. The van der Waals surface area contributed by atoms with Crippen LogP contribution < -0.4 is 4.74 Å². The fraction of sp³-hybridized carbons (Fsp3) is 0.167. The van der Waals surface area contributed by atoms with Gasteiger partial charge in [-0.25, -0.2) is 0 Å². The van der Waals surface area contributed by atoms with Gasteiger partial charge in [0.2, 0.25) is 0 Å². The fourth-order valence-electron chi connectivity index (χ4n) is 3.44. The molecule has 0 radical (unpaired) electrons. The zero-order valence-electron chi connectivity index (χ0n) is 15.0. The van der Waals surface area contributed by atoms with Crippen molar-refractivity contribution >= 4 is 11.6 Å². The summed E-state index contributed by atoms with van der Waals surface area (Å²) in [5.74, 6) is 0.514. The number of carbonyl (C=O) groups excluding carboxylic acids is 2. The highest BCUT2D eigenvalue weighted by Crippen LogP contribution is 2.23. The van der Waals surface area contributed by atoms with Gasteiger partial charge in [-0.15, -0.1) is 0 Å². The molecule has 3 aromatic rings. The van der Waals surface area contributed by atoms with E-state index >= 15 is 0 Å². The summed E-state index contributed by atoms with van der Waals surface area (Å²) in [6, 6.07) is 22.0. The third kappa shape index (κ3) is 3.82. The van der Waals surface area contributed by atoms with E-state index in [1.165, 1.54) is 11.1 Å². The maximum Gasteiger partial charge on any atom is 0.200 e. The quantitative estimate of drug-likeness (QED) is 0.603. The standard InChI is InChI=1S/C24H20O3/c25-23(21-10-9-17-7-4-8-20(17)15-21)16-27-22-13-11-19(12-14-22)24(26)18-5-2-1-3-6-18/h1-3,5-6,9-15H,4,7-8,16H2. The first kappa shape index (κ1) is 17.2. The van der Waals surface area contributed by atoms with Gasteiger partial charge in [0.15, 0.2) is 18.2 Å². The second-order valence-corrected chi connectivity index (χ2v) is 6.77. The van der Waals surface area contributed by atoms with E-state index in [-0.39, 0.29) is 18.2 Å². The molecule has 0 heterocycles. The van der Waals surface area contributed by atoms with Crippen molar-refractivity contribution in [1.29, 1.82) is 0 Å². The van der Waals surface area contributed by atoms with Gasteiger partial charge in [-0.1, -0.05) is 42.5 Å². The molecule has 0 spiro atoms. The van der Waals surface area contributed by atoms with E-state index in [0.29, 0.717) is 22.4 Å². The minimum atomic E-state index is -0.0332. The first-order valence-corrected chi connectivity index (χ1v) is 9.18. The predicted octanol–water partition coefficient (Wildman–Crippen LogP) is 4.67. The highest BCUT2D eigenvalue weighted by Gasteiger charge is 2.14. The van der Waals surface area contributed by atoms with Gasteiger partial charge in [-0.05, 0) is 60.7 Å². The van der Waals surface area contributed by atoms with Gasteiger partial charge in [0.25, 0.3) is 0 Å². The molecule has 0 aromatic heterocycles. The zero-order chi connectivity index (χ0) is 18.6. The Morgan fingerprint density at radius 2 is 1.41 bits per heavy atom. The molecule has 1 aliphatic carbocycles. The number of ether oxygens (including phenoxy) is 1. The van der Waals surface area contributed by atoms with Crippen LogP contribution in [-0.2, 0) is 12.8 Å². The molecular weight excluding hydrogens is 336 g/mol. The summed E-state index contributed by atoms with van der Waals surface area (Å²) in [6.45, 7) is -0.00916. The number of hydrogen-bond donors (Lipinski definition) is 0. The van der Waals surface area contributed by atoms with Gasteiger partial charge in [0.1, 0.15) is 5.75 Å². The number of Topliss-reactive ketones (excluding diaryl/α,β-unsaturated/α-hetero) is 1. The van der Waals surface area contributed by atoms with Gasteiger partial charge in [0.05, 0.1) is 0 Å². The SMILES string of the molecule is O=C(COc1ccc(C(=O)c2ccccc2)cc1)c1ccc2c(c1)CCC2. The lowest BCUT2D eigenvalue weighted by Gasteiger charge is -2.08. The Hall–Kier alpha value is -3.20. The van der Waals surface area contributed by atoms with E-state index in [0.717, 1.165) is 19.3 Å². The Bertz CT molecular complexity index is 972. The second-order valence-electron chi connectivity index (χ2n) is 6.77. The number of aryl methyl sites for hydroxylation is 2. The van der Waals surface area contributed by atoms with Crippen LogP contribution in [0.3, 0.4) is 0 Å². The van der Waals surface area contributed by atoms with E-state index < -0.39 is 0 Å². The summed E-state index contributed by atoms with van der Waals surface area (Å²) in [7, 11) is 0. The summed E-state index contributed by atoms with van der Waals surface area (Å²) in [4.78, 5) is 24.8. The van der Waals surface area contributed by atoms with Crippen LogP contribution in [0.1, 0.15) is 43.8 Å². The molecule has 4 rings (SSSR count). The minimum absolute atomic E-state index is 0.00916. The van der Waals surface area contributed by atoms with Crippen LogP contribution in [0, 0.1) is 0 Å². The molecule has 0 saturated heterocycles. The third-order valence-corrected chi connectivity index (χ3v) is 4.94. The minimum Gasteiger partial charge on any atom is -0.485 e. The van der Waals surface area contributed by atoms with Crippen LogP contribution in [-0.4, -0.2) is 18.2 Å². The summed E-state index contributed by atoms with van der Waals surface area (Å²) in [6.07, 6.45) is 3.32. The number of carbonyl (C=O) groups is 2. The molecule has 3 heteroatoms. The number of benzene rings is 3. The molecule has 0 unspecified atom stereocenters. The Labute approximate surface area is 158 Å². The van der Waals surface area contributed by atoms with Crippen LogP contribution >= 0.6 is 0 Å². The molecule has 0 bridgehead atoms. The van der Waals surface area contributed by atoms with Gasteiger partial charge >= 0.3 is 0 Å². The third-order valence-electron chi connectivity index (χ3n) is 4.94. The van der Waals surface area contributed by atoms with Crippen LogP contribution in [0.2, 0.25) is 0 Å². The van der Waals surface area contributed by atoms with E-state index in [2.05, 4.69) is 6.07 Å². The van der Waals surface area contributed by atoms with Crippen molar-refractivity contribution in [2.75, 3.05) is 6.61 Å². The largest absolute Gasteiger partial charge is 0.485 e. The molecule has 3 aromatic carbocycles. The Morgan fingerprint density at radius 1 is 0.741 bits per heavy atom. The zero-order valence-corrected chi connectivity index (χ0v) is 15.0. The van der Waals surface area contributed by atoms with Crippen molar-refractivity contribution in [2.45, 2.75) is 19.3 Å². The van der Waals surface area contributed by atoms with Crippen LogP contribution in [0.15, 0.2) is 72.8 Å². The lowest BCUT2D eigenvalue weighted by Crippen LogP contribution is -2.12. The van der Waals surface area contributed by atoms with E-state index in [9.17, 15) is 9.59 Å². The van der Waals surface area contributed by atoms with Crippen LogP contribution in [0.25, 0.3) is 0 Å². The molecule has 0 saturated carbocycles. The average Bonchev–Trinajstić information content (AvgIpc) is 3.20. The molecule has 0 amide bonds. The monoisotopic (exact) mass is 356 g/mol. The maximum absolute atomic E-state index is 12.4. The lowest BCUT2D eigenvalue weighted by atomic mass is 10.0. The predicted molar refractivity (Wildman–Crippen MR) is 105 cm³/mol. The molecule has 0 N–H and O–H groups in total. The fourth-order valence-corrected chi connectivity index (χ4v) is 3.44. The maximum atomic E-state index is 12.4. The van der Waals surface area contributed by atoms with Crippen LogP contribution in [0.4, 0.5) is 0 Å². The Balaban J connectivity index is 1.39. The highest BCUT2D eigenvalue weighted by atomic mass is 16.5. The van der Waals surface area contributed by atoms with E-state index in [1.54, 1.807) is 36.4 Å². The molecule has 27 heavy (non-hydrogen) atoms. The number of hydrogen-bond acceptors (Lipinski definition) is 3. The summed E-state index contributed by atoms with van der Waals surface area (Å²) in [5, 5.41) is 0. The van der Waals surface area contributed by atoms with Gasteiger partial charge < -0.3 is 4.74 Å². The first-order chi connectivity index (χ1) is 13.2. The van der Waals surface area contributed by atoms with Gasteiger partial charge in [-0.3, -0.25) is 9.59 Å². The molecule has 0 fully saturated rings.